The minimum atomic E-state index is -0.448. The van der Waals surface area contributed by atoms with Gasteiger partial charge in [-0.15, -0.1) is 0 Å². The summed E-state index contributed by atoms with van der Waals surface area (Å²) < 4.78 is 0. The Labute approximate surface area is 136 Å². The average Bonchev–Trinajstić information content (AvgIpc) is 2.99. The molecule has 0 spiro atoms. The van der Waals surface area contributed by atoms with Crippen molar-refractivity contribution in [1.82, 2.24) is 9.89 Å². The minimum absolute atomic E-state index is 0.0143. The van der Waals surface area contributed by atoms with E-state index in [1.54, 1.807) is 35.1 Å². The van der Waals surface area contributed by atoms with Gasteiger partial charge in [0.25, 0.3) is 5.69 Å². The fraction of sp³-hybridized carbons (Fsp3) is 0.0588. The first-order chi connectivity index (χ1) is 11.6. The fourth-order valence-electron chi connectivity index (χ4n) is 2.87. The number of nitro benzene ring substituents is 1. The average molecular weight is 320 g/mol. The summed E-state index contributed by atoms with van der Waals surface area (Å²) in [5.41, 5.74) is 2.87. The summed E-state index contributed by atoms with van der Waals surface area (Å²) >= 11 is 0. The van der Waals surface area contributed by atoms with Crippen molar-refractivity contribution in [3.63, 3.8) is 0 Å². The van der Waals surface area contributed by atoms with E-state index in [0.29, 0.717) is 11.4 Å². The standard InChI is InChI=1S/C17H12N4O3/c1-19(12-6-8-13(9-7-12)21(23)24)20-17-15(22)10-5-11-3-2-4-14(18-20)16(11)17/h2-10H,1H3. The molecule has 0 saturated carbocycles. The van der Waals surface area contributed by atoms with Gasteiger partial charge in [-0.1, -0.05) is 18.2 Å². The number of carbonyl (C=O) groups is 1. The molecule has 0 aliphatic heterocycles. The van der Waals surface area contributed by atoms with E-state index in [2.05, 4.69) is 5.10 Å². The van der Waals surface area contributed by atoms with Gasteiger partial charge in [0.1, 0.15) is 5.69 Å². The van der Waals surface area contributed by atoms with Crippen LogP contribution in [0, 0.1) is 10.1 Å². The maximum absolute atomic E-state index is 12.4. The number of nitrogens with zero attached hydrogens (tertiary/aromatic N) is 4. The van der Waals surface area contributed by atoms with Crippen LogP contribution in [0.25, 0.3) is 17.0 Å². The van der Waals surface area contributed by atoms with Crippen LogP contribution in [0.15, 0.2) is 48.5 Å². The number of non-ortho nitro benzene ring substituents is 1. The van der Waals surface area contributed by atoms with Crippen molar-refractivity contribution in [3.8, 4) is 0 Å². The smallest absolute Gasteiger partial charge is 0.269 e. The van der Waals surface area contributed by atoms with Gasteiger partial charge < -0.3 is 0 Å². The summed E-state index contributed by atoms with van der Waals surface area (Å²) in [6, 6.07) is 11.8. The predicted octanol–water partition coefficient (Wildman–Crippen LogP) is 3.05. The van der Waals surface area contributed by atoms with E-state index in [0.717, 1.165) is 16.5 Å². The van der Waals surface area contributed by atoms with E-state index in [1.807, 2.05) is 18.2 Å². The number of nitro groups is 1. The van der Waals surface area contributed by atoms with Gasteiger partial charge in [-0.3, -0.25) is 19.9 Å². The number of allylic oxidation sites excluding steroid dienone is 1. The van der Waals surface area contributed by atoms with Crippen LogP contribution in [0.3, 0.4) is 0 Å². The first-order valence-electron chi connectivity index (χ1n) is 7.29. The van der Waals surface area contributed by atoms with Crippen LogP contribution in [0.2, 0.25) is 0 Å². The zero-order valence-corrected chi connectivity index (χ0v) is 12.7. The molecule has 2 aromatic carbocycles. The maximum Gasteiger partial charge on any atom is 0.269 e. The summed E-state index contributed by atoms with van der Waals surface area (Å²) in [5.74, 6) is -0.120. The van der Waals surface area contributed by atoms with Gasteiger partial charge in [-0.05, 0) is 29.8 Å². The molecule has 1 aromatic heterocycles. The molecule has 0 unspecified atom stereocenters. The Balaban J connectivity index is 1.85. The molecule has 0 N–H and O–H groups in total. The molecule has 1 heterocycles. The second-order valence-corrected chi connectivity index (χ2v) is 5.47. The number of benzene rings is 2. The van der Waals surface area contributed by atoms with Crippen LogP contribution in [0.4, 0.5) is 11.4 Å². The lowest BCUT2D eigenvalue weighted by Gasteiger charge is -2.21. The van der Waals surface area contributed by atoms with Crippen molar-refractivity contribution in [2.24, 2.45) is 0 Å². The SMILES string of the molecule is CN(c1ccc([N+](=O)[O-])cc1)n1nc2cccc3c2c1C(=O)C=C3. The summed E-state index contributed by atoms with van der Waals surface area (Å²) in [5, 5.41) is 17.8. The van der Waals surface area contributed by atoms with E-state index >= 15 is 0 Å². The first-order valence-corrected chi connectivity index (χ1v) is 7.29. The lowest BCUT2D eigenvalue weighted by molar-refractivity contribution is -0.384. The number of aromatic nitrogens is 2. The Kier molecular flexibility index (Phi) is 2.96. The van der Waals surface area contributed by atoms with Gasteiger partial charge in [0, 0.05) is 24.6 Å². The molecule has 7 heteroatoms. The number of rotatable bonds is 3. The number of carbonyl (C=O) groups excluding carboxylic acids is 1. The zero-order valence-electron chi connectivity index (χ0n) is 12.7. The Morgan fingerprint density at radius 2 is 1.88 bits per heavy atom. The molecular weight excluding hydrogens is 308 g/mol. The molecule has 0 atom stereocenters. The fourth-order valence-corrected chi connectivity index (χ4v) is 2.87. The molecule has 7 nitrogen and oxygen atoms in total. The third-order valence-corrected chi connectivity index (χ3v) is 4.08. The van der Waals surface area contributed by atoms with Crippen molar-refractivity contribution in [3.05, 3.63) is 69.9 Å². The second kappa shape index (κ2) is 5.02. The van der Waals surface area contributed by atoms with E-state index < -0.39 is 4.92 Å². The number of hydrogen-bond donors (Lipinski definition) is 0. The molecule has 0 fully saturated rings. The van der Waals surface area contributed by atoms with Crippen molar-refractivity contribution in [2.75, 3.05) is 12.1 Å². The Hall–Kier alpha value is -3.48. The quantitative estimate of drug-likeness (QED) is 0.547. The molecule has 3 aromatic rings. The molecular formula is C17H12N4O3. The van der Waals surface area contributed by atoms with Crippen molar-refractivity contribution < 1.29 is 9.72 Å². The van der Waals surface area contributed by atoms with Gasteiger partial charge in [0.05, 0.1) is 16.1 Å². The summed E-state index contributed by atoms with van der Waals surface area (Å²) in [6.07, 6.45) is 3.31. The van der Waals surface area contributed by atoms with E-state index in [1.165, 1.54) is 18.2 Å². The largest absolute Gasteiger partial charge is 0.287 e. The minimum Gasteiger partial charge on any atom is -0.287 e. The Morgan fingerprint density at radius 1 is 1.12 bits per heavy atom. The molecule has 1 aliphatic rings. The molecule has 4 rings (SSSR count). The van der Waals surface area contributed by atoms with Crippen LogP contribution >= 0.6 is 0 Å². The van der Waals surface area contributed by atoms with E-state index in [9.17, 15) is 14.9 Å². The number of anilines is 1. The highest BCUT2D eigenvalue weighted by Gasteiger charge is 2.24. The molecule has 0 saturated heterocycles. The topological polar surface area (TPSA) is 81.3 Å². The third-order valence-electron chi connectivity index (χ3n) is 4.08. The molecule has 0 radical (unpaired) electrons. The lowest BCUT2D eigenvalue weighted by Crippen LogP contribution is -2.29. The molecule has 1 aliphatic carbocycles. The lowest BCUT2D eigenvalue weighted by atomic mass is 10.0. The highest BCUT2D eigenvalue weighted by molar-refractivity contribution is 6.18. The molecule has 0 amide bonds. The van der Waals surface area contributed by atoms with E-state index in [4.69, 9.17) is 0 Å². The van der Waals surface area contributed by atoms with Gasteiger partial charge in [0.2, 0.25) is 5.78 Å². The van der Waals surface area contributed by atoms with Crippen LogP contribution in [-0.2, 0) is 0 Å². The zero-order chi connectivity index (χ0) is 16.8. The first kappa shape index (κ1) is 14.1. The summed E-state index contributed by atoms with van der Waals surface area (Å²) in [6.45, 7) is 0. The normalized spacial score (nSPS) is 12.6. The van der Waals surface area contributed by atoms with Gasteiger partial charge in [-0.25, -0.2) is 0 Å². The van der Waals surface area contributed by atoms with Crippen molar-refractivity contribution in [2.45, 2.75) is 0 Å². The number of ketones is 1. The Bertz CT molecular complexity index is 1020. The number of hydrogen-bond acceptors (Lipinski definition) is 5. The monoisotopic (exact) mass is 320 g/mol. The second-order valence-electron chi connectivity index (χ2n) is 5.47. The summed E-state index contributed by atoms with van der Waals surface area (Å²) in [7, 11) is 1.76. The highest BCUT2D eigenvalue weighted by Crippen LogP contribution is 2.29. The molecule has 0 bridgehead atoms. The van der Waals surface area contributed by atoms with Gasteiger partial charge >= 0.3 is 0 Å². The third kappa shape index (κ3) is 1.98. The van der Waals surface area contributed by atoms with Crippen LogP contribution in [-0.4, -0.2) is 27.6 Å². The van der Waals surface area contributed by atoms with Gasteiger partial charge in [0.15, 0.2) is 0 Å². The van der Waals surface area contributed by atoms with Crippen molar-refractivity contribution in [1.29, 1.82) is 0 Å². The Morgan fingerprint density at radius 3 is 2.58 bits per heavy atom. The predicted molar refractivity (Wildman–Crippen MR) is 90.0 cm³/mol. The summed E-state index contributed by atoms with van der Waals surface area (Å²) in [4.78, 5) is 24.2. The molecule has 24 heavy (non-hydrogen) atoms. The van der Waals surface area contributed by atoms with Crippen LogP contribution in [0.1, 0.15) is 16.1 Å². The van der Waals surface area contributed by atoms with Gasteiger partial charge in [-0.2, -0.15) is 9.89 Å². The van der Waals surface area contributed by atoms with E-state index in [-0.39, 0.29) is 11.5 Å². The van der Waals surface area contributed by atoms with Crippen LogP contribution in [0.5, 0.6) is 0 Å². The van der Waals surface area contributed by atoms with Crippen molar-refractivity contribution >= 4 is 34.1 Å². The maximum atomic E-state index is 12.4. The highest BCUT2D eigenvalue weighted by atomic mass is 16.6. The molecule has 118 valence electrons. The van der Waals surface area contributed by atoms with Crippen LogP contribution < -0.4 is 5.01 Å².